The molecule has 1 aliphatic carbocycles. The molecule has 170 valence electrons. The topological polar surface area (TPSA) is 29.5 Å². The molecule has 4 heteroatoms. The molecule has 0 bridgehead atoms. The molecule has 0 amide bonds. The molecule has 0 spiro atoms. The maximum absolute atomic E-state index is 11.9. The summed E-state index contributed by atoms with van der Waals surface area (Å²) >= 11 is 0. The van der Waals surface area contributed by atoms with Gasteiger partial charge >= 0.3 is 5.97 Å². The fourth-order valence-corrected chi connectivity index (χ4v) is 3.72. The summed E-state index contributed by atoms with van der Waals surface area (Å²) < 4.78 is 5.29. The van der Waals surface area contributed by atoms with Crippen molar-refractivity contribution in [2.45, 2.75) is 67.7 Å². The molecule has 0 saturated carbocycles. The number of esters is 1. The van der Waals surface area contributed by atoms with Crippen LogP contribution in [0.5, 0.6) is 0 Å². The van der Waals surface area contributed by atoms with Crippen LogP contribution in [-0.2, 0) is 9.53 Å². The fourth-order valence-electron chi connectivity index (χ4n) is 3.72. The molecule has 3 nitrogen and oxygen atoms in total. The smallest absolute Gasteiger partial charge is 0.331 e. The third-order valence-corrected chi connectivity index (χ3v) is 5.67. The van der Waals surface area contributed by atoms with Gasteiger partial charge in [-0.3, -0.25) is 4.70 Å². The predicted molar refractivity (Wildman–Crippen MR) is 127 cm³/mol. The van der Waals surface area contributed by atoms with Crippen molar-refractivity contribution in [2.24, 2.45) is 5.41 Å². The first-order valence-corrected chi connectivity index (χ1v) is 11.0. The highest BCUT2D eigenvalue weighted by Crippen LogP contribution is 2.40. The van der Waals surface area contributed by atoms with Crippen LogP contribution in [0.15, 0.2) is 58.7 Å². The number of rotatable bonds is 10. The number of carbonyl (C=O) groups is 1. The SMILES string of the molecule is CCN(CC)CCOC(=O)/C=C(C)/C=C/C=C(C)/C=C/C1=C(C)CCCC1(C)C.F. The zero-order chi connectivity index (χ0) is 21.9. The number of hydrogen-bond acceptors (Lipinski definition) is 3. The molecule has 30 heavy (non-hydrogen) atoms. The molecule has 0 N–H and O–H groups in total. The van der Waals surface area contributed by atoms with Crippen LogP contribution in [0.2, 0.25) is 0 Å². The Morgan fingerprint density at radius 3 is 2.40 bits per heavy atom. The third kappa shape index (κ3) is 10.2. The second-order valence-corrected chi connectivity index (χ2v) is 8.62. The van der Waals surface area contributed by atoms with Gasteiger partial charge in [-0.05, 0) is 69.7 Å². The summed E-state index contributed by atoms with van der Waals surface area (Å²) in [7, 11) is 0. The first-order chi connectivity index (χ1) is 13.7. The van der Waals surface area contributed by atoms with Crippen molar-refractivity contribution in [3.8, 4) is 0 Å². The van der Waals surface area contributed by atoms with Crippen LogP contribution in [0, 0.1) is 5.41 Å². The number of ether oxygens (including phenoxy) is 1. The number of halogens is 1. The summed E-state index contributed by atoms with van der Waals surface area (Å²) in [6, 6.07) is 0. The average Bonchev–Trinajstić information content (AvgIpc) is 2.64. The number of likely N-dealkylation sites (N-methyl/N-ethyl adjacent to an activating group) is 1. The number of hydrogen-bond donors (Lipinski definition) is 0. The van der Waals surface area contributed by atoms with Crippen molar-refractivity contribution < 1.29 is 14.2 Å². The highest BCUT2D eigenvalue weighted by atomic mass is 19.0. The van der Waals surface area contributed by atoms with E-state index in [9.17, 15) is 4.79 Å². The van der Waals surface area contributed by atoms with Crippen molar-refractivity contribution in [3.05, 3.63) is 58.7 Å². The summed E-state index contributed by atoms with van der Waals surface area (Å²) in [6.07, 6.45) is 15.8. The zero-order valence-corrected chi connectivity index (χ0v) is 20.1. The molecule has 0 saturated heterocycles. The van der Waals surface area contributed by atoms with Crippen LogP contribution in [0.25, 0.3) is 0 Å². The normalized spacial score (nSPS) is 17.7. The number of nitrogens with zero attached hydrogens (tertiary/aromatic N) is 1. The van der Waals surface area contributed by atoms with Crippen molar-refractivity contribution in [2.75, 3.05) is 26.2 Å². The lowest BCUT2D eigenvalue weighted by Gasteiger charge is -2.32. The Labute approximate surface area is 183 Å². The van der Waals surface area contributed by atoms with E-state index in [-0.39, 0.29) is 16.1 Å². The van der Waals surface area contributed by atoms with Crippen LogP contribution < -0.4 is 0 Å². The minimum absolute atomic E-state index is 0. The largest absolute Gasteiger partial charge is 0.461 e. The van der Waals surface area contributed by atoms with Crippen molar-refractivity contribution in [3.63, 3.8) is 0 Å². The molecule has 0 heterocycles. The lowest BCUT2D eigenvalue weighted by atomic mass is 9.72. The van der Waals surface area contributed by atoms with Gasteiger partial charge in [0.25, 0.3) is 0 Å². The molecule has 1 rings (SSSR count). The Kier molecular flexibility index (Phi) is 13.2. The lowest BCUT2D eigenvalue weighted by Crippen LogP contribution is -2.27. The first kappa shape index (κ1) is 28.1. The van der Waals surface area contributed by atoms with Gasteiger partial charge in [-0.2, -0.15) is 0 Å². The van der Waals surface area contributed by atoms with Crippen LogP contribution in [0.1, 0.15) is 67.7 Å². The summed E-state index contributed by atoms with van der Waals surface area (Å²) in [5.74, 6) is -0.276. The van der Waals surface area contributed by atoms with E-state index in [0.717, 1.165) is 25.2 Å². The van der Waals surface area contributed by atoms with E-state index in [1.165, 1.54) is 36.0 Å². The molecule has 0 aromatic carbocycles. The minimum Gasteiger partial charge on any atom is -0.461 e. The fraction of sp³-hybridized carbons (Fsp3) is 0.577. The van der Waals surface area contributed by atoms with E-state index in [2.05, 4.69) is 64.7 Å². The lowest BCUT2D eigenvalue weighted by molar-refractivity contribution is -0.138. The average molecular weight is 420 g/mol. The second kappa shape index (κ2) is 14.1. The third-order valence-electron chi connectivity index (χ3n) is 5.67. The second-order valence-electron chi connectivity index (χ2n) is 8.62. The quantitative estimate of drug-likeness (QED) is 0.228. The molecule has 0 aromatic heterocycles. The highest BCUT2D eigenvalue weighted by molar-refractivity contribution is 5.83. The van der Waals surface area contributed by atoms with E-state index < -0.39 is 0 Å². The highest BCUT2D eigenvalue weighted by Gasteiger charge is 2.26. The Morgan fingerprint density at radius 2 is 1.80 bits per heavy atom. The Balaban J connectivity index is 0.00000841. The van der Waals surface area contributed by atoms with Crippen molar-refractivity contribution in [1.29, 1.82) is 0 Å². The zero-order valence-electron chi connectivity index (χ0n) is 20.1. The molecular formula is C26H42FNO2. The molecular weight excluding hydrogens is 377 g/mol. The van der Waals surface area contributed by atoms with Gasteiger partial charge in [0.2, 0.25) is 0 Å². The molecule has 0 radical (unpaired) electrons. The van der Waals surface area contributed by atoms with Crippen LogP contribution in [0.4, 0.5) is 4.70 Å². The molecule has 0 aliphatic heterocycles. The van der Waals surface area contributed by atoms with E-state index in [4.69, 9.17) is 4.74 Å². The maximum atomic E-state index is 11.9. The summed E-state index contributed by atoms with van der Waals surface area (Å²) in [5.41, 5.74) is 5.33. The Morgan fingerprint density at radius 1 is 1.13 bits per heavy atom. The van der Waals surface area contributed by atoms with Gasteiger partial charge in [0.15, 0.2) is 0 Å². The van der Waals surface area contributed by atoms with Gasteiger partial charge in [0, 0.05) is 12.6 Å². The molecule has 0 aromatic rings. The van der Waals surface area contributed by atoms with Gasteiger partial charge in [-0.25, -0.2) is 4.79 Å². The van der Waals surface area contributed by atoms with Gasteiger partial charge < -0.3 is 9.64 Å². The maximum Gasteiger partial charge on any atom is 0.331 e. The molecule has 0 unspecified atom stereocenters. The monoisotopic (exact) mass is 419 g/mol. The minimum atomic E-state index is -0.276. The van der Waals surface area contributed by atoms with E-state index in [0.29, 0.717) is 6.61 Å². The van der Waals surface area contributed by atoms with Gasteiger partial charge in [-0.1, -0.05) is 69.2 Å². The number of allylic oxidation sites excluding steroid dienone is 9. The molecule has 1 aliphatic rings. The standard InChI is InChI=1S/C26H41NO2.FH/c1-8-27(9-2)18-19-29-25(28)20-22(4)13-10-12-21(3)15-16-24-23(5)14-11-17-26(24,6)7;/h10,12-13,15-16,20H,8-9,11,14,17-19H2,1-7H3;1H/b13-10+,16-15+,21-12+,22-20+;. The summed E-state index contributed by atoms with van der Waals surface area (Å²) in [6.45, 7) is 18.3. The molecule has 0 fully saturated rings. The van der Waals surface area contributed by atoms with Crippen LogP contribution in [0.3, 0.4) is 0 Å². The summed E-state index contributed by atoms with van der Waals surface area (Å²) in [4.78, 5) is 14.1. The van der Waals surface area contributed by atoms with Gasteiger partial charge in [0.05, 0.1) is 0 Å². The van der Waals surface area contributed by atoms with Crippen LogP contribution >= 0.6 is 0 Å². The van der Waals surface area contributed by atoms with E-state index in [1.54, 1.807) is 6.08 Å². The van der Waals surface area contributed by atoms with Crippen LogP contribution in [-0.4, -0.2) is 37.1 Å². The van der Waals surface area contributed by atoms with Gasteiger partial charge in [0.1, 0.15) is 6.61 Å². The Hall–Kier alpha value is -1.94. The van der Waals surface area contributed by atoms with Gasteiger partial charge in [-0.15, -0.1) is 0 Å². The van der Waals surface area contributed by atoms with Crippen molar-refractivity contribution >= 4 is 5.97 Å². The van der Waals surface area contributed by atoms with E-state index in [1.807, 2.05) is 19.1 Å². The molecule has 0 atom stereocenters. The van der Waals surface area contributed by atoms with Crippen molar-refractivity contribution in [1.82, 2.24) is 4.90 Å². The van der Waals surface area contributed by atoms with E-state index >= 15 is 0 Å². The first-order valence-electron chi connectivity index (χ1n) is 11.0. The Bertz CT molecular complexity index is 692. The number of carbonyl (C=O) groups excluding carboxylic acids is 1. The predicted octanol–water partition coefficient (Wildman–Crippen LogP) is 6.56. The summed E-state index contributed by atoms with van der Waals surface area (Å²) in [5, 5.41) is 0.